The molecule has 3 aromatic rings. The highest BCUT2D eigenvalue weighted by molar-refractivity contribution is 9.10. The molecule has 4 atom stereocenters. The Morgan fingerprint density at radius 1 is 0.900 bits per heavy atom. The minimum Gasteiger partial charge on any atom is -0.496 e. The van der Waals surface area contributed by atoms with Crippen LogP contribution in [0, 0.1) is 17.7 Å². The SMILES string of the molecule is COc1ccc(C(=O)[C@@H]2[C@H]3C(=O)N(c4cccc(F)c4)C(=O)[C@@H]3[C@H]3C=C(C(=O)c4ccccc4)C=CN32)cc1Br. The third-order valence-electron chi connectivity index (χ3n) is 7.62. The van der Waals surface area contributed by atoms with Gasteiger partial charge in [-0.1, -0.05) is 42.5 Å². The van der Waals surface area contributed by atoms with Gasteiger partial charge in [-0.25, -0.2) is 9.29 Å². The Labute approximate surface area is 237 Å². The molecule has 0 aliphatic carbocycles. The Bertz CT molecular complexity index is 1640. The molecule has 40 heavy (non-hydrogen) atoms. The van der Waals surface area contributed by atoms with Crippen LogP contribution in [0.15, 0.2) is 101 Å². The first-order valence-electron chi connectivity index (χ1n) is 12.6. The average Bonchev–Trinajstić information content (AvgIpc) is 3.44. The van der Waals surface area contributed by atoms with Gasteiger partial charge in [-0.2, -0.15) is 0 Å². The summed E-state index contributed by atoms with van der Waals surface area (Å²) in [6.07, 6.45) is 4.88. The van der Waals surface area contributed by atoms with Crippen molar-refractivity contribution in [3.63, 3.8) is 0 Å². The number of halogens is 2. The van der Waals surface area contributed by atoms with Crippen molar-refractivity contribution in [2.75, 3.05) is 12.0 Å². The van der Waals surface area contributed by atoms with Gasteiger partial charge in [-0.3, -0.25) is 19.2 Å². The van der Waals surface area contributed by atoms with Gasteiger partial charge in [0.25, 0.3) is 0 Å². The fourth-order valence-corrected chi connectivity index (χ4v) is 6.35. The molecular weight excluding hydrogens is 579 g/mol. The van der Waals surface area contributed by atoms with Crippen molar-refractivity contribution in [3.05, 3.63) is 118 Å². The number of Topliss-reactive ketones (excluding diaryl/α,β-unsaturated/α-hetero) is 2. The van der Waals surface area contributed by atoms with Gasteiger partial charge in [0.05, 0.1) is 35.1 Å². The fraction of sp³-hybridized carbons (Fsp3) is 0.161. The number of carbonyl (C=O) groups excluding carboxylic acids is 4. The van der Waals surface area contributed by atoms with Crippen LogP contribution in [-0.2, 0) is 9.59 Å². The second kappa shape index (κ2) is 9.98. The van der Waals surface area contributed by atoms with Crippen molar-refractivity contribution in [2.45, 2.75) is 12.1 Å². The first-order valence-corrected chi connectivity index (χ1v) is 13.4. The van der Waals surface area contributed by atoms with E-state index >= 15 is 0 Å². The van der Waals surface area contributed by atoms with Crippen LogP contribution in [0.4, 0.5) is 10.1 Å². The highest BCUT2D eigenvalue weighted by Gasteiger charge is 2.63. The van der Waals surface area contributed by atoms with E-state index < -0.39 is 41.6 Å². The summed E-state index contributed by atoms with van der Waals surface area (Å²) in [6.45, 7) is 0. The lowest BCUT2D eigenvalue weighted by atomic mass is 9.85. The maximum Gasteiger partial charge on any atom is 0.240 e. The number of ether oxygens (including phenoxy) is 1. The number of methoxy groups -OCH3 is 1. The molecule has 9 heteroatoms. The van der Waals surface area contributed by atoms with Gasteiger partial charge in [0.15, 0.2) is 11.6 Å². The van der Waals surface area contributed by atoms with Crippen molar-refractivity contribution in [1.82, 2.24) is 4.90 Å². The molecule has 0 saturated carbocycles. The van der Waals surface area contributed by atoms with Crippen LogP contribution in [0.25, 0.3) is 0 Å². The summed E-state index contributed by atoms with van der Waals surface area (Å²) in [7, 11) is 1.51. The Kier molecular flexibility index (Phi) is 6.46. The van der Waals surface area contributed by atoms with E-state index in [1.807, 2.05) is 6.07 Å². The second-order valence-corrected chi connectivity index (χ2v) is 10.6. The largest absolute Gasteiger partial charge is 0.496 e. The van der Waals surface area contributed by atoms with Gasteiger partial charge in [0, 0.05) is 22.9 Å². The summed E-state index contributed by atoms with van der Waals surface area (Å²) in [4.78, 5) is 57.6. The number of hydrogen-bond acceptors (Lipinski definition) is 6. The number of allylic oxidation sites excluding steroid dienone is 2. The molecule has 7 nitrogen and oxygen atoms in total. The predicted octanol–water partition coefficient (Wildman–Crippen LogP) is 4.97. The lowest BCUT2D eigenvalue weighted by Crippen LogP contribution is -2.46. The summed E-state index contributed by atoms with van der Waals surface area (Å²) in [5.41, 5.74) is 1.26. The number of benzene rings is 3. The zero-order chi connectivity index (χ0) is 28.1. The Morgan fingerprint density at radius 3 is 2.35 bits per heavy atom. The number of carbonyl (C=O) groups is 4. The molecule has 0 aromatic heterocycles. The zero-order valence-electron chi connectivity index (χ0n) is 21.2. The van der Waals surface area contributed by atoms with Gasteiger partial charge in [-0.15, -0.1) is 0 Å². The van der Waals surface area contributed by atoms with Crippen molar-refractivity contribution in [3.8, 4) is 5.75 Å². The highest BCUT2D eigenvalue weighted by atomic mass is 79.9. The molecule has 3 aromatic carbocycles. The standard InChI is InChI=1S/C31H22BrFN2O5/c1-40-24-11-10-18(14-22(24)32)29(37)27-26-25(30(38)35(31(26)39)21-9-5-8-20(33)16-21)23-15-19(12-13-34(23)27)28(36)17-6-3-2-4-7-17/h2-16,23,25-27H,1H3/t23-,25-,26+,27+/m1/s1. The molecule has 0 radical (unpaired) electrons. The van der Waals surface area contributed by atoms with E-state index in [1.54, 1.807) is 65.7 Å². The van der Waals surface area contributed by atoms with Crippen LogP contribution in [0.3, 0.4) is 0 Å². The van der Waals surface area contributed by atoms with E-state index in [0.717, 1.165) is 11.0 Å². The van der Waals surface area contributed by atoms with E-state index in [1.165, 1.54) is 25.3 Å². The van der Waals surface area contributed by atoms with Crippen LogP contribution in [0.2, 0.25) is 0 Å². The normalized spacial score (nSPS) is 23.1. The van der Waals surface area contributed by atoms with Crippen LogP contribution >= 0.6 is 15.9 Å². The first-order chi connectivity index (χ1) is 19.3. The predicted molar refractivity (Wildman–Crippen MR) is 148 cm³/mol. The lowest BCUT2D eigenvalue weighted by molar-refractivity contribution is -0.123. The monoisotopic (exact) mass is 600 g/mol. The van der Waals surface area contributed by atoms with E-state index in [2.05, 4.69) is 15.9 Å². The molecule has 3 aliphatic heterocycles. The molecule has 0 spiro atoms. The molecule has 2 saturated heterocycles. The quantitative estimate of drug-likeness (QED) is 0.293. The first kappa shape index (κ1) is 25.9. The topological polar surface area (TPSA) is 84.0 Å². The zero-order valence-corrected chi connectivity index (χ0v) is 22.7. The number of hydrogen-bond donors (Lipinski definition) is 0. The molecule has 6 rings (SSSR count). The number of ketones is 2. The molecule has 3 heterocycles. The minimum absolute atomic E-state index is 0.102. The molecule has 3 aliphatic rings. The van der Waals surface area contributed by atoms with Crippen molar-refractivity contribution in [2.24, 2.45) is 11.8 Å². The number of amides is 2. The Hall–Kier alpha value is -4.37. The molecule has 0 bridgehead atoms. The molecular formula is C31H22BrFN2O5. The second-order valence-electron chi connectivity index (χ2n) is 9.77. The number of imide groups is 1. The minimum atomic E-state index is -1.04. The fourth-order valence-electron chi connectivity index (χ4n) is 5.81. The summed E-state index contributed by atoms with van der Waals surface area (Å²) in [5, 5.41) is 0. The lowest BCUT2D eigenvalue weighted by Gasteiger charge is -2.33. The highest BCUT2D eigenvalue weighted by Crippen LogP contribution is 2.47. The average molecular weight is 601 g/mol. The van der Waals surface area contributed by atoms with Crippen LogP contribution in [0.5, 0.6) is 5.75 Å². The van der Waals surface area contributed by atoms with E-state index in [9.17, 15) is 23.6 Å². The van der Waals surface area contributed by atoms with Gasteiger partial charge >= 0.3 is 0 Å². The number of rotatable bonds is 6. The molecule has 200 valence electrons. The summed E-state index contributed by atoms with van der Waals surface area (Å²) >= 11 is 3.41. The van der Waals surface area contributed by atoms with E-state index in [-0.39, 0.29) is 17.3 Å². The van der Waals surface area contributed by atoms with Gasteiger partial charge in [-0.05, 0) is 58.4 Å². The van der Waals surface area contributed by atoms with Crippen molar-refractivity contribution in [1.29, 1.82) is 0 Å². The molecule has 2 fully saturated rings. The van der Waals surface area contributed by atoms with Crippen molar-refractivity contribution >= 4 is 45.0 Å². The Morgan fingerprint density at radius 2 is 1.65 bits per heavy atom. The maximum absolute atomic E-state index is 14.1. The summed E-state index contributed by atoms with van der Waals surface area (Å²) in [6, 6.07) is 17.1. The van der Waals surface area contributed by atoms with Crippen LogP contribution < -0.4 is 9.64 Å². The summed E-state index contributed by atoms with van der Waals surface area (Å²) in [5.74, 6) is -3.77. The van der Waals surface area contributed by atoms with Crippen molar-refractivity contribution < 1.29 is 28.3 Å². The number of fused-ring (bicyclic) bond motifs is 3. The van der Waals surface area contributed by atoms with E-state index in [4.69, 9.17) is 4.74 Å². The van der Waals surface area contributed by atoms with Gasteiger partial charge in [0.1, 0.15) is 17.6 Å². The molecule has 0 N–H and O–H groups in total. The molecule has 2 amide bonds. The van der Waals surface area contributed by atoms with E-state index in [0.29, 0.717) is 26.9 Å². The van der Waals surface area contributed by atoms with Crippen LogP contribution in [0.1, 0.15) is 20.7 Å². The van der Waals surface area contributed by atoms with Gasteiger partial charge in [0.2, 0.25) is 11.8 Å². The number of nitrogens with zero attached hydrogens (tertiary/aromatic N) is 2. The third kappa shape index (κ3) is 4.08. The Balaban J connectivity index is 1.44. The number of anilines is 1. The third-order valence-corrected chi connectivity index (χ3v) is 8.24. The van der Waals surface area contributed by atoms with Crippen LogP contribution in [-0.4, -0.2) is 47.5 Å². The maximum atomic E-state index is 14.1. The van der Waals surface area contributed by atoms with Gasteiger partial charge < -0.3 is 9.64 Å². The molecule has 0 unspecified atom stereocenters. The summed E-state index contributed by atoms with van der Waals surface area (Å²) < 4.78 is 19.9. The smallest absolute Gasteiger partial charge is 0.240 e.